The lowest BCUT2D eigenvalue weighted by Crippen LogP contribution is -2.54. The molecule has 1 aliphatic rings. The summed E-state index contributed by atoms with van der Waals surface area (Å²) >= 11 is 0. The Morgan fingerprint density at radius 2 is 2.00 bits per heavy atom. The summed E-state index contributed by atoms with van der Waals surface area (Å²) in [6, 6.07) is 4.58. The van der Waals surface area contributed by atoms with Crippen LogP contribution in [-0.4, -0.2) is 68.2 Å². The fraction of sp³-hybridized carbons (Fsp3) is 0.522. The van der Waals surface area contributed by atoms with Gasteiger partial charge in [0.2, 0.25) is 0 Å². The number of benzene rings is 1. The molecule has 3 heterocycles. The number of hydrogen-bond donors (Lipinski definition) is 1. The lowest BCUT2D eigenvalue weighted by molar-refractivity contribution is 0.0349. The zero-order valence-corrected chi connectivity index (χ0v) is 20.5. The fourth-order valence-electron chi connectivity index (χ4n) is 4.10. The van der Waals surface area contributed by atoms with E-state index in [4.69, 9.17) is 13.8 Å². The lowest BCUT2D eigenvalue weighted by Gasteiger charge is -2.39. The van der Waals surface area contributed by atoms with Crippen LogP contribution in [0.25, 0.3) is 11.6 Å². The van der Waals surface area contributed by atoms with Crippen molar-refractivity contribution in [2.45, 2.75) is 60.2 Å². The summed E-state index contributed by atoms with van der Waals surface area (Å²) < 4.78 is 15.8. The van der Waals surface area contributed by atoms with Crippen molar-refractivity contribution in [2.75, 3.05) is 25.0 Å². The quantitative estimate of drug-likeness (QED) is 0.569. The molecule has 1 fully saturated rings. The minimum Gasteiger partial charge on any atom is -0.447 e. The standard InChI is InChI=1S/C23H31N7O4/c1-13(2)32-23(31)30-8-7-29(11-15(30)4)12-18-9-14(3)10-19(16(18)5)24-22-26-25-21(33-22)20-17(6)27-34-28-20/h9-10,13,15H,7-8,11-12H2,1-6H3,(H,24,26)/t15-/m0/s1. The monoisotopic (exact) mass is 469 g/mol. The number of ether oxygens (including phenoxy) is 1. The number of carbonyl (C=O) groups is 1. The summed E-state index contributed by atoms with van der Waals surface area (Å²) in [6.45, 7) is 14.7. The molecule has 1 saturated heterocycles. The maximum Gasteiger partial charge on any atom is 0.410 e. The molecule has 0 unspecified atom stereocenters. The Morgan fingerprint density at radius 3 is 2.68 bits per heavy atom. The maximum atomic E-state index is 12.3. The number of carbonyl (C=O) groups excluding carboxylic acids is 1. The van der Waals surface area contributed by atoms with E-state index in [1.54, 1.807) is 6.92 Å². The molecule has 1 atom stereocenters. The number of piperazine rings is 1. The van der Waals surface area contributed by atoms with E-state index >= 15 is 0 Å². The first-order valence-electron chi connectivity index (χ1n) is 11.4. The highest BCUT2D eigenvalue weighted by Gasteiger charge is 2.29. The van der Waals surface area contributed by atoms with Gasteiger partial charge < -0.3 is 19.4 Å². The third-order valence-corrected chi connectivity index (χ3v) is 5.86. The first-order chi connectivity index (χ1) is 16.2. The van der Waals surface area contributed by atoms with Crippen molar-refractivity contribution < 1.29 is 18.6 Å². The van der Waals surface area contributed by atoms with Gasteiger partial charge in [0, 0.05) is 37.9 Å². The van der Waals surface area contributed by atoms with Crippen molar-refractivity contribution >= 4 is 17.8 Å². The molecular weight excluding hydrogens is 438 g/mol. The van der Waals surface area contributed by atoms with Crippen molar-refractivity contribution in [3.05, 3.63) is 34.5 Å². The summed E-state index contributed by atoms with van der Waals surface area (Å²) in [7, 11) is 0. The van der Waals surface area contributed by atoms with E-state index in [2.05, 4.69) is 57.6 Å². The molecule has 0 spiro atoms. The van der Waals surface area contributed by atoms with Gasteiger partial charge in [0.05, 0.1) is 6.10 Å². The van der Waals surface area contributed by atoms with E-state index in [0.29, 0.717) is 17.9 Å². The van der Waals surface area contributed by atoms with Gasteiger partial charge in [-0.1, -0.05) is 16.3 Å². The fourth-order valence-corrected chi connectivity index (χ4v) is 4.10. The highest BCUT2D eigenvalue weighted by molar-refractivity contribution is 5.68. The molecule has 11 nitrogen and oxygen atoms in total. The number of nitrogens with one attached hydrogen (secondary N) is 1. The Kier molecular flexibility index (Phi) is 6.82. The largest absolute Gasteiger partial charge is 0.447 e. The Balaban J connectivity index is 1.45. The summed E-state index contributed by atoms with van der Waals surface area (Å²) in [4.78, 5) is 16.5. The van der Waals surface area contributed by atoms with Gasteiger partial charge in [0.15, 0.2) is 5.69 Å². The second-order valence-electron chi connectivity index (χ2n) is 9.04. The van der Waals surface area contributed by atoms with Crippen molar-refractivity contribution in [1.82, 2.24) is 30.3 Å². The van der Waals surface area contributed by atoms with E-state index in [1.807, 2.05) is 24.8 Å². The third kappa shape index (κ3) is 5.19. The molecule has 1 N–H and O–H groups in total. The van der Waals surface area contributed by atoms with E-state index in [9.17, 15) is 4.79 Å². The predicted octanol–water partition coefficient (Wildman–Crippen LogP) is 3.84. The van der Waals surface area contributed by atoms with Crippen molar-refractivity contribution in [3.8, 4) is 11.6 Å². The van der Waals surface area contributed by atoms with Crippen LogP contribution in [0.5, 0.6) is 0 Å². The van der Waals surface area contributed by atoms with Gasteiger partial charge in [-0.15, -0.1) is 5.10 Å². The van der Waals surface area contributed by atoms with Crippen molar-refractivity contribution in [1.29, 1.82) is 0 Å². The highest BCUT2D eigenvalue weighted by atomic mass is 16.6. The molecule has 1 amide bonds. The van der Waals surface area contributed by atoms with Gasteiger partial charge in [0.1, 0.15) is 5.69 Å². The zero-order valence-electron chi connectivity index (χ0n) is 20.5. The Morgan fingerprint density at radius 1 is 1.21 bits per heavy atom. The first kappa shape index (κ1) is 23.7. The molecule has 0 bridgehead atoms. The number of aromatic nitrogens is 4. The van der Waals surface area contributed by atoms with Gasteiger partial charge in [-0.25, -0.2) is 9.42 Å². The second-order valence-corrected chi connectivity index (χ2v) is 9.04. The van der Waals surface area contributed by atoms with Crippen LogP contribution >= 0.6 is 0 Å². The van der Waals surface area contributed by atoms with Gasteiger partial charge in [-0.2, -0.15) is 0 Å². The van der Waals surface area contributed by atoms with Crippen LogP contribution in [-0.2, 0) is 11.3 Å². The molecule has 182 valence electrons. The molecule has 2 aromatic heterocycles. The predicted molar refractivity (Wildman–Crippen MR) is 125 cm³/mol. The molecule has 1 aliphatic heterocycles. The molecule has 11 heteroatoms. The van der Waals surface area contributed by atoms with Crippen LogP contribution in [0.15, 0.2) is 21.2 Å². The summed E-state index contributed by atoms with van der Waals surface area (Å²) in [5.74, 6) is 0.245. The van der Waals surface area contributed by atoms with Crippen molar-refractivity contribution in [3.63, 3.8) is 0 Å². The SMILES string of the molecule is Cc1cc(CN2CCN(C(=O)OC(C)C)[C@@H](C)C2)c(C)c(Nc2nnc(-c3nonc3C)o2)c1. The number of hydrogen-bond acceptors (Lipinski definition) is 10. The van der Waals surface area contributed by atoms with Gasteiger partial charge in [-0.05, 0) is 69.5 Å². The number of amides is 1. The molecule has 0 radical (unpaired) electrons. The third-order valence-electron chi connectivity index (χ3n) is 5.86. The Hall–Kier alpha value is -3.47. The summed E-state index contributed by atoms with van der Waals surface area (Å²) in [6.07, 6.45) is -0.360. The normalized spacial score (nSPS) is 16.8. The smallest absolute Gasteiger partial charge is 0.410 e. The van der Waals surface area contributed by atoms with Crippen LogP contribution < -0.4 is 5.32 Å². The van der Waals surface area contributed by atoms with Gasteiger partial charge >= 0.3 is 12.1 Å². The number of rotatable bonds is 6. The maximum absolute atomic E-state index is 12.3. The molecular formula is C23H31N7O4. The van der Waals surface area contributed by atoms with Crippen LogP contribution in [0.3, 0.4) is 0 Å². The van der Waals surface area contributed by atoms with Gasteiger partial charge in [0.25, 0.3) is 5.89 Å². The molecule has 0 saturated carbocycles. The first-order valence-corrected chi connectivity index (χ1v) is 11.4. The van der Waals surface area contributed by atoms with Crippen LogP contribution in [0.1, 0.15) is 43.2 Å². The topological polar surface area (TPSA) is 123 Å². The minimum absolute atomic E-state index is 0.0778. The lowest BCUT2D eigenvalue weighted by atomic mass is 10.0. The number of nitrogens with zero attached hydrogens (tertiary/aromatic N) is 6. The van der Waals surface area contributed by atoms with E-state index in [-0.39, 0.29) is 30.1 Å². The summed E-state index contributed by atoms with van der Waals surface area (Å²) in [5.41, 5.74) is 5.31. The average molecular weight is 470 g/mol. The van der Waals surface area contributed by atoms with Crippen molar-refractivity contribution in [2.24, 2.45) is 0 Å². The molecule has 34 heavy (non-hydrogen) atoms. The van der Waals surface area contributed by atoms with E-state index in [1.165, 1.54) is 5.56 Å². The minimum atomic E-state index is -0.240. The number of anilines is 2. The second kappa shape index (κ2) is 9.80. The van der Waals surface area contributed by atoms with Crippen LogP contribution in [0.4, 0.5) is 16.5 Å². The Labute approximate surface area is 198 Å². The molecule has 0 aliphatic carbocycles. The van der Waals surface area contributed by atoms with Crippen LogP contribution in [0, 0.1) is 20.8 Å². The Bertz CT molecular complexity index is 1160. The van der Waals surface area contributed by atoms with Crippen LogP contribution in [0.2, 0.25) is 0 Å². The molecule has 3 aromatic rings. The van der Waals surface area contributed by atoms with E-state index in [0.717, 1.165) is 36.4 Å². The van der Waals surface area contributed by atoms with Gasteiger partial charge in [-0.3, -0.25) is 4.90 Å². The van der Waals surface area contributed by atoms with E-state index < -0.39 is 0 Å². The highest BCUT2D eigenvalue weighted by Crippen LogP contribution is 2.28. The average Bonchev–Trinajstić information content (AvgIpc) is 3.39. The molecule has 4 rings (SSSR count). The number of aryl methyl sites for hydroxylation is 2. The molecule has 1 aromatic carbocycles. The summed E-state index contributed by atoms with van der Waals surface area (Å²) in [5, 5.41) is 18.9. The zero-order chi connectivity index (χ0) is 24.4.